The van der Waals surface area contributed by atoms with E-state index >= 15 is 0 Å². The Hall–Kier alpha value is -2.51. The minimum atomic E-state index is -0.497. The van der Waals surface area contributed by atoms with Crippen molar-refractivity contribution >= 4 is 23.1 Å². The number of rotatable bonds is 6. The fourth-order valence-electron chi connectivity index (χ4n) is 3.52. The van der Waals surface area contributed by atoms with Gasteiger partial charge in [0.25, 0.3) is 0 Å². The van der Waals surface area contributed by atoms with Crippen molar-refractivity contribution in [2.45, 2.75) is 36.4 Å². The number of hydrogen-bond donors (Lipinski definition) is 3. The van der Waals surface area contributed by atoms with Crippen LogP contribution in [-0.2, 0) is 16.1 Å². The summed E-state index contributed by atoms with van der Waals surface area (Å²) in [6.45, 7) is 0.0264. The molecule has 0 bridgehead atoms. The van der Waals surface area contributed by atoms with Crippen LogP contribution in [0.4, 0.5) is 11.4 Å². The normalized spacial score (nSPS) is 21.4. The minimum Gasteiger partial charge on any atom is -0.399 e. The number of benzene rings is 3. The molecule has 3 unspecified atom stereocenters. The van der Waals surface area contributed by atoms with Gasteiger partial charge in [0.15, 0.2) is 6.29 Å². The Labute approximate surface area is 181 Å². The summed E-state index contributed by atoms with van der Waals surface area (Å²) < 4.78 is 12.6. The Balaban J connectivity index is 1.54. The van der Waals surface area contributed by atoms with Gasteiger partial charge in [0.2, 0.25) is 0 Å². The quantitative estimate of drug-likeness (QED) is 0.395. The molecule has 3 aromatic carbocycles. The molecule has 0 amide bonds. The molecule has 30 heavy (non-hydrogen) atoms. The molecule has 0 radical (unpaired) electrons. The van der Waals surface area contributed by atoms with Crippen molar-refractivity contribution in [2.24, 2.45) is 0 Å². The summed E-state index contributed by atoms with van der Waals surface area (Å²) in [6.07, 6.45) is 0.106. The maximum atomic E-state index is 9.32. The van der Waals surface area contributed by atoms with Crippen molar-refractivity contribution in [3.8, 4) is 0 Å². The van der Waals surface area contributed by atoms with E-state index in [1.807, 2.05) is 72.8 Å². The SMILES string of the molecule is Nc1cccc(C2OC(CSc3ccccc3N)CC(c3ccc(CO)cc3)O2)c1. The Morgan fingerprint density at radius 1 is 0.900 bits per heavy atom. The van der Waals surface area contributed by atoms with Crippen LogP contribution in [0.5, 0.6) is 0 Å². The zero-order chi connectivity index (χ0) is 20.9. The third-order valence-electron chi connectivity index (χ3n) is 5.14. The summed E-state index contributed by atoms with van der Waals surface area (Å²) in [5, 5.41) is 9.32. The van der Waals surface area contributed by atoms with E-state index in [1.165, 1.54) is 0 Å². The third kappa shape index (κ3) is 4.96. The molecule has 6 heteroatoms. The van der Waals surface area contributed by atoms with Crippen molar-refractivity contribution in [3.05, 3.63) is 89.5 Å². The molecular weight excluding hydrogens is 396 g/mol. The highest BCUT2D eigenvalue weighted by Crippen LogP contribution is 2.40. The molecule has 156 valence electrons. The van der Waals surface area contributed by atoms with E-state index in [1.54, 1.807) is 11.8 Å². The molecule has 0 saturated carbocycles. The summed E-state index contributed by atoms with van der Waals surface area (Å²) in [6, 6.07) is 23.4. The largest absolute Gasteiger partial charge is 0.399 e. The Morgan fingerprint density at radius 3 is 2.43 bits per heavy atom. The van der Waals surface area contributed by atoms with Crippen molar-refractivity contribution < 1.29 is 14.6 Å². The monoisotopic (exact) mass is 422 g/mol. The number of thioether (sulfide) groups is 1. The van der Waals surface area contributed by atoms with Gasteiger partial charge in [-0.25, -0.2) is 0 Å². The Morgan fingerprint density at radius 2 is 1.70 bits per heavy atom. The third-order valence-corrected chi connectivity index (χ3v) is 6.36. The molecule has 1 fully saturated rings. The maximum Gasteiger partial charge on any atom is 0.184 e. The topological polar surface area (TPSA) is 90.7 Å². The van der Waals surface area contributed by atoms with Crippen LogP contribution in [0.2, 0.25) is 0 Å². The van der Waals surface area contributed by atoms with Crippen molar-refractivity contribution in [1.29, 1.82) is 0 Å². The lowest BCUT2D eigenvalue weighted by atomic mass is 10.0. The van der Waals surface area contributed by atoms with Crippen molar-refractivity contribution in [3.63, 3.8) is 0 Å². The lowest BCUT2D eigenvalue weighted by Gasteiger charge is -2.36. The molecule has 0 aromatic heterocycles. The molecule has 5 N–H and O–H groups in total. The first-order chi connectivity index (χ1) is 14.6. The molecule has 1 saturated heterocycles. The predicted molar refractivity (Wildman–Crippen MR) is 121 cm³/mol. The fourth-order valence-corrected chi connectivity index (χ4v) is 4.51. The fraction of sp³-hybridized carbons (Fsp3) is 0.250. The molecule has 5 nitrogen and oxygen atoms in total. The number of anilines is 2. The molecule has 3 aromatic rings. The van der Waals surface area contributed by atoms with Crippen LogP contribution < -0.4 is 11.5 Å². The zero-order valence-corrected chi connectivity index (χ0v) is 17.4. The van der Waals surface area contributed by atoms with Gasteiger partial charge in [0.05, 0.1) is 18.8 Å². The highest BCUT2D eigenvalue weighted by Gasteiger charge is 2.32. The van der Waals surface area contributed by atoms with E-state index in [4.69, 9.17) is 20.9 Å². The molecule has 0 aliphatic carbocycles. The lowest BCUT2D eigenvalue weighted by molar-refractivity contribution is -0.245. The van der Waals surface area contributed by atoms with Crippen LogP contribution in [0, 0.1) is 0 Å². The highest BCUT2D eigenvalue weighted by atomic mass is 32.2. The Bertz CT molecular complexity index is 980. The second-order valence-electron chi connectivity index (χ2n) is 7.37. The zero-order valence-electron chi connectivity index (χ0n) is 16.6. The first-order valence-corrected chi connectivity index (χ1v) is 10.9. The number of para-hydroxylation sites is 1. The highest BCUT2D eigenvalue weighted by molar-refractivity contribution is 7.99. The Kier molecular flexibility index (Phi) is 6.59. The molecule has 4 rings (SSSR count). The molecule has 1 aliphatic rings. The van der Waals surface area contributed by atoms with E-state index in [0.29, 0.717) is 5.69 Å². The number of nitrogen functional groups attached to an aromatic ring is 2. The van der Waals surface area contributed by atoms with Crippen LogP contribution in [0.25, 0.3) is 0 Å². The molecule has 0 spiro atoms. The summed E-state index contributed by atoms with van der Waals surface area (Å²) in [4.78, 5) is 1.05. The number of aliphatic hydroxyl groups excluding tert-OH is 1. The number of aliphatic hydroxyl groups is 1. The van der Waals surface area contributed by atoms with Gasteiger partial charge in [0, 0.05) is 34.0 Å². The van der Waals surface area contributed by atoms with Gasteiger partial charge in [-0.3, -0.25) is 0 Å². The number of ether oxygens (including phenoxy) is 2. The van der Waals surface area contributed by atoms with E-state index in [0.717, 1.165) is 39.4 Å². The van der Waals surface area contributed by atoms with Gasteiger partial charge in [-0.05, 0) is 35.4 Å². The molecular formula is C24H26N2O3S. The van der Waals surface area contributed by atoms with Crippen molar-refractivity contribution in [1.82, 2.24) is 0 Å². The van der Waals surface area contributed by atoms with Crippen LogP contribution in [0.3, 0.4) is 0 Å². The van der Waals surface area contributed by atoms with E-state index in [9.17, 15) is 5.11 Å². The molecule has 1 heterocycles. The van der Waals surface area contributed by atoms with Gasteiger partial charge in [-0.1, -0.05) is 48.5 Å². The van der Waals surface area contributed by atoms with Gasteiger partial charge < -0.3 is 26.0 Å². The average molecular weight is 423 g/mol. The van der Waals surface area contributed by atoms with E-state index in [2.05, 4.69) is 0 Å². The maximum absolute atomic E-state index is 9.32. The van der Waals surface area contributed by atoms with Crippen LogP contribution >= 0.6 is 11.8 Å². The summed E-state index contributed by atoms with van der Waals surface area (Å²) in [5.41, 5.74) is 16.4. The van der Waals surface area contributed by atoms with Crippen molar-refractivity contribution in [2.75, 3.05) is 17.2 Å². The van der Waals surface area contributed by atoms with Gasteiger partial charge in [-0.2, -0.15) is 0 Å². The average Bonchev–Trinajstić information content (AvgIpc) is 2.78. The molecule has 1 aliphatic heterocycles. The van der Waals surface area contributed by atoms with Crippen LogP contribution in [0.15, 0.2) is 77.7 Å². The summed E-state index contributed by atoms with van der Waals surface area (Å²) >= 11 is 1.69. The van der Waals surface area contributed by atoms with Gasteiger partial charge >= 0.3 is 0 Å². The lowest BCUT2D eigenvalue weighted by Crippen LogP contribution is -2.31. The standard InChI is InChI=1S/C24H26N2O3S/c25-19-5-3-4-18(12-19)24-28-20(15-30-23-7-2-1-6-21(23)26)13-22(29-24)17-10-8-16(14-27)9-11-17/h1-12,20,22,24,27H,13-15,25-26H2. The second kappa shape index (κ2) is 9.53. The first kappa shape index (κ1) is 20.8. The molecule has 3 atom stereocenters. The first-order valence-electron chi connectivity index (χ1n) is 9.95. The van der Waals surface area contributed by atoms with Gasteiger partial charge in [-0.15, -0.1) is 11.8 Å². The second-order valence-corrected chi connectivity index (χ2v) is 8.43. The summed E-state index contributed by atoms with van der Waals surface area (Å²) in [5.74, 6) is 0.765. The van der Waals surface area contributed by atoms with Gasteiger partial charge in [0.1, 0.15) is 0 Å². The van der Waals surface area contributed by atoms with Crippen LogP contribution in [-0.4, -0.2) is 17.0 Å². The number of hydrogen-bond acceptors (Lipinski definition) is 6. The minimum absolute atomic E-state index is 0.0164. The van der Waals surface area contributed by atoms with Crippen LogP contribution in [0.1, 0.15) is 35.5 Å². The van der Waals surface area contributed by atoms with E-state index in [-0.39, 0.29) is 18.8 Å². The summed E-state index contributed by atoms with van der Waals surface area (Å²) in [7, 11) is 0. The predicted octanol–water partition coefficient (Wildman–Crippen LogP) is 4.68. The number of nitrogens with two attached hydrogens (primary N) is 2. The van der Waals surface area contributed by atoms with E-state index < -0.39 is 6.29 Å². The smallest absolute Gasteiger partial charge is 0.184 e.